The maximum atomic E-state index is 12.9. The number of alkyl halides is 2. The van der Waals surface area contributed by atoms with E-state index in [0.29, 0.717) is 19.0 Å². The Balaban J connectivity index is 2.08. The van der Waals surface area contributed by atoms with Gasteiger partial charge in [0.2, 0.25) is 0 Å². The first-order chi connectivity index (χ1) is 12.1. The van der Waals surface area contributed by atoms with Crippen LogP contribution in [-0.2, 0) is 25.9 Å². The molecule has 2 aromatic heterocycles. The van der Waals surface area contributed by atoms with Crippen molar-refractivity contribution in [2.45, 2.75) is 53.3 Å². The van der Waals surface area contributed by atoms with Crippen LogP contribution < -0.4 is 10.6 Å². The van der Waals surface area contributed by atoms with Gasteiger partial charge in [-0.15, -0.1) is 0 Å². The van der Waals surface area contributed by atoms with E-state index in [4.69, 9.17) is 4.52 Å². The zero-order chi connectivity index (χ0) is 18.2. The second kappa shape index (κ2) is 9.14. The van der Waals surface area contributed by atoms with Crippen molar-refractivity contribution in [1.82, 2.24) is 25.3 Å². The molecule has 0 aliphatic rings. The molecule has 0 saturated heterocycles. The lowest BCUT2D eigenvalue weighted by atomic mass is 10.1. The Hall–Kier alpha value is -2.45. The highest BCUT2D eigenvalue weighted by molar-refractivity contribution is 5.79. The summed E-state index contributed by atoms with van der Waals surface area (Å²) in [6.45, 7) is 4.54. The van der Waals surface area contributed by atoms with Crippen LogP contribution in [0.15, 0.2) is 21.9 Å². The zero-order valence-electron chi connectivity index (χ0n) is 14.7. The maximum Gasteiger partial charge on any atom is 0.319 e. The van der Waals surface area contributed by atoms with Crippen LogP contribution in [0.4, 0.5) is 8.78 Å². The Bertz CT molecular complexity index is 673. The van der Waals surface area contributed by atoms with Gasteiger partial charge in [-0.1, -0.05) is 19.0 Å². The second-order valence-electron chi connectivity index (χ2n) is 5.32. The average Bonchev–Trinajstić information content (AvgIpc) is 3.23. The van der Waals surface area contributed by atoms with Crippen molar-refractivity contribution in [3.05, 3.63) is 35.2 Å². The summed E-state index contributed by atoms with van der Waals surface area (Å²) in [4.78, 5) is 8.46. The number of rotatable bonds is 8. The molecule has 7 nitrogen and oxygen atoms in total. The van der Waals surface area contributed by atoms with Crippen molar-refractivity contribution in [1.29, 1.82) is 0 Å². The summed E-state index contributed by atoms with van der Waals surface area (Å²) < 4.78 is 31.9. The lowest BCUT2D eigenvalue weighted by molar-refractivity contribution is 0.0668. The summed E-state index contributed by atoms with van der Waals surface area (Å²) >= 11 is 0. The van der Waals surface area contributed by atoms with Gasteiger partial charge in [-0.05, 0) is 13.3 Å². The third-order valence-electron chi connectivity index (χ3n) is 3.72. The molecule has 0 atom stereocenters. The molecule has 0 bridgehead atoms. The first kappa shape index (κ1) is 18.9. The van der Waals surface area contributed by atoms with Crippen molar-refractivity contribution in [3.63, 3.8) is 0 Å². The van der Waals surface area contributed by atoms with E-state index in [-0.39, 0.29) is 12.4 Å². The van der Waals surface area contributed by atoms with E-state index < -0.39 is 6.55 Å². The Labute approximate surface area is 145 Å². The molecule has 2 heterocycles. The number of nitrogens with zero attached hydrogens (tertiary/aromatic N) is 4. The highest BCUT2D eigenvalue weighted by atomic mass is 19.3. The lowest BCUT2D eigenvalue weighted by Gasteiger charge is -2.12. The molecule has 0 spiro atoms. The Morgan fingerprint density at radius 1 is 1.28 bits per heavy atom. The fourth-order valence-electron chi connectivity index (χ4n) is 2.44. The predicted molar refractivity (Wildman–Crippen MR) is 90.4 cm³/mol. The lowest BCUT2D eigenvalue weighted by Crippen LogP contribution is -2.37. The summed E-state index contributed by atoms with van der Waals surface area (Å²) in [5.74, 6) is 1.59. The topological polar surface area (TPSA) is 80.3 Å². The first-order valence-electron chi connectivity index (χ1n) is 8.38. The average molecular weight is 354 g/mol. The molecule has 0 fully saturated rings. The number of hydrogen-bond donors (Lipinski definition) is 2. The van der Waals surface area contributed by atoms with Gasteiger partial charge in [0, 0.05) is 30.9 Å². The highest BCUT2D eigenvalue weighted by Gasteiger charge is 2.14. The third kappa shape index (κ3) is 4.77. The molecule has 0 aliphatic carbocycles. The standard InChI is InChI=1S/C16H24F2N6O/c1-4-12-11(13(5-2)25-23-12)9-21-16(19-6-3)22-10-14-20-7-8-24(14)15(17)18/h7-8,15H,4-6,9-10H2,1-3H3,(H2,19,21,22). The van der Waals surface area contributed by atoms with Gasteiger partial charge in [-0.3, -0.25) is 4.57 Å². The van der Waals surface area contributed by atoms with Crippen molar-refractivity contribution in [3.8, 4) is 0 Å². The minimum absolute atomic E-state index is 0.147. The van der Waals surface area contributed by atoms with Gasteiger partial charge in [0.25, 0.3) is 0 Å². The van der Waals surface area contributed by atoms with Gasteiger partial charge >= 0.3 is 6.55 Å². The van der Waals surface area contributed by atoms with Gasteiger partial charge in [0.05, 0.1) is 18.8 Å². The molecule has 0 radical (unpaired) electrons. The molecule has 138 valence electrons. The van der Waals surface area contributed by atoms with Crippen LogP contribution in [0, 0.1) is 0 Å². The first-order valence-corrected chi connectivity index (χ1v) is 8.38. The summed E-state index contributed by atoms with van der Waals surface area (Å²) in [6.07, 6.45) is 4.12. The van der Waals surface area contributed by atoms with Crippen LogP contribution in [0.3, 0.4) is 0 Å². The van der Waals surface area contributed by atoms with E-state index in [2.05, 4.69) is 25.8 Å². The second-order valence-corrected chi connectivity index (χ2v) is 5.32. The number of aryl methyl sites for hydroxylation is 2. The van der Waals surface area contributed by atoms with Crippen LogP contribution in [0.1, 0.15) is 50.2 Å². The van der Waals surface area contributed by atoms with Gasteiger partial charge < -0.3 is 15.2 Å². The number of aliphatic imine (C=N–C) groups is 1. The molecule has 0 aromatic carbocycles. The van der Waals surface area contributed by atoms with Crippen molar-refractivity contribution in [2.75, 3.05) is 6.54 Å². The molecule has 0 unspecified atom stereocenters. The smallest absolute Gasteiger partial charge is 0.319 e. The number of aromatic nitrogens is 3. The highest BCUT2D eigenvalue weighted by Crippen LogP contribution is 2.17. The molecule has 0 amide bonds. The molecule has 9 heteroatoms. The molecular formula is C16H24F2N6O. The van der Waals surface area contributed by atoms with Crippen molar-refractivity contribution < 1.29 is 13.3 Å². The van der Waals surface area contributed by atoms with E-state index in [1.807, 2.05) is 20.8 Å². The van der Waals surface area contributed by atoms with Crippen molar-refractivity contribution >= 4 is 5.96 Å². The van der Waals surface area contributed by atoms with E-state index in [9.17, 15) is 8.78 Å². The fourth-order valence-corrected chi connectivity index (χ4v) is 2.44. The Morgan fingerprint density at radius 2 is 2.08 bits per heavy atom. The molecular weight excluding hydrogens is 330 g/mol. The normalized spacial score (nSPS) is 12.0. The summed E-state index contributed by atoms with van der Waals surface area (Å²) in [6, 6.07) is 0. The molecule has 0 aliphatic heterocycles. The van der Waals surface area contributed by atoms with Crippen LogP contribution in [0.5, 0.6) is 0 Å². The minimum atomic E-state index is -2.62. The van der Waals surface area contributed by atoms with Gasteiger partial charge in [-0.2, -0.15) is 8.78 Å². The number of nitrogens with one attached hydrogen (secondary N) is 2. The van der Waals surface area contributed by atoms with Crippen molar-refractivity contribution in [2.24, 2.45) is 4.99 Å². The number of imidazole rings is 1. The monoisotopic (exact) mass is 354 g/mol. The minimum Gasteiger partial charge on any atom is -0.361 e. The van der Waals surface area contributed by atoms with E-state index in [1.165, 1.54) is 12.4 Å². The van der Waals surface area contributed by atoms with Crippen LogP contribution in [0.2, 0.25) is 0 Å². The van der Waals surface area contributed by atoms with E-state index in [1.54, 1.807) is 0 Å². The quantitative estimate of drug-likeness (QED) is 0.563. The SMILES string of the molecule is CCNC(=NCc1c(CC)noc1CC)NCc1nccn1C(F)F. The summed E-state index contributed by atoms with van der Waals surface area (Å²) in [5, 5.41) is 10.2. The maximum absolute atomic E-state index is 12.9. The molecule has 2 N–H and O–H groups in total. The summed E-state index contributed by atoms with van der Waals surface area (Å²) in [5.41, 5.74) is 1.88. The van der Waals surface area contributed by atoms with Gasteiger partial charge in [0.15, 0.2) is 5.96 Å². The van der Waals surface area contributed by atoms with Crippen LogP contribution in [-0.4, -0.2) is 27.2 Å². The molecule has 0 saturated carbocycles. The summed E-state index contributed by atoms with van der Waals surface area (Å²) in [7, 11) is 0. The predicted octanol–water partition coefficient (Wildman–Crippen LogP) is 2.65. The molecule has 2 aromatic rings. The number of hydrogen-bond acceptors (Lipinski definition) is 4. The van der Waals surface area contributed by atoms with Gasteiger partial charge in [-0.25, -0.2) is 9.98 Å². The molecule has 25 heavy (non-hydrogen) atoms. The Morgan fingerprint density at radius 3 is 2.72 bits per heavy atom. The third-order valence-corrected chi connectivity index (χ3v) is 3.72. The number of guanidine groups is 1. The Kier molecular flexibility index (Phi) is 6.91. The van der Waals surface area contributed by atoms with E-state index in [0.717, 1.165) is 34.4 Å². The van der Waals surface area contributed by atoms with Crippen LogP contribution >= 0.6 is 0 Å². The zero-order valence-corrected chi connectivity index (χ0v) is 14.7. The number of halogens is 2. The fraction of sp³-hybridized carbons (Fsp3) is 0.562. The molecule has 2 rings (SSSR count). The largest absolute Gasteiger partial charge is 0.361 e. The van der Waals surface area contributed by atoms with Crippen LogP contribution in [0.25, 0.3) is 0 Å². The van der Waals surface area contributed by atoms with E-state index >= 15 is 0 Å². The van der Waals surface area contributed by atoms with Gasteiger partial charge in [0.1, 0.15) is 11.6 Å².